The highest BCUT2D eigenvalue weighted by molar-refractivity contribution is 5.86. The standard InChI is InChI=1S/C13H18N2O5/c1-13(2,3)20-12(18)15-6-4-5-8(15)9-10(11(16)17)19-7-14-9/h7-8H,4-6H2,1-3H3,(H,16,17). The van der Waals surface area contributed by atoms with Crippen LogP contribution in [0.4, 0.5) is 4.79 Å². The summed E-state index contributed by atoms with van der Waals surface area (Å²) in [4.78, 5) is 28.7. The summed E-state index contributed by atoms with van der Waals surface area (Å²) in [5.41, 5.74) is -0.315. The minimum absolute atomic E-state index is 0.217. The monoisotopic (exact) mass is 282 g/mol. The minimum Gasteiger partial charge on any atom is -0.475 e. The fourth-order valence-corrected chi connectivity index (χ4v) is 2.24. The van der Waals surface area contributed by atoms with Crippen LogP contribution < -0.4 is 0 Å². The van der Waals surface area contributed by atoms with Gasteiger partial charge in [0, 0.05) is 6.54 Å². The van der Waals surface area contributed by atoms with Crippen molar-refractivity contribution in [2.24, 2.45) is 0 Å². The van der Waals surface area contributed by atoms with Gasteiger partial charge in [-0.05, 0) is 33.6 Å². The molecule has 110 valence electrons. The molecule has 1 aliphatic heterocycles. The van der Waals surface area contributed by atoms with E-state index in [1.807, 2.05) is 0 Å². The van der Waals surface area contributed by atoms with Crippen LogP contribution >= 0.6 is 0 Å². The van der Waals surface area contributed by atoms with Crippen molar-refractivity contribution in [3.05, 3.63) is 17.8 Å². The molecule has 1 atom stereocenters. The zero-order chi connectivity index (χ0) is 14.9. The maximum atomic E-state index is 12.1. The van der Waals surface area contributed by atoms with E-state index in [2.05, 4.69) is 4.98 Å². The van der Waals surface area contributed by atoms with Crippen molar-refractivity contribution < 1.29 is 23.8 Å². The molecular weight excluding hydrogens is 264 g/mol. The van der Waals surface area contributed by atoms with Crippen LogP contribution in [0.3, 0.4) is 0 Å². The molecule has 2 heterocycles. The Morgan fingerprint density at radius 3 is 2.80 bits per heavy atom. The van der Waals surface area contributed by atoms with Crippen molar-refractivity contribution in [1.29, 1.82) is 0 Å². The maximum absolute atomic E-state index is 12.1. The summed E-state index contributed by atoms with van der Waals surface area (Å²) in [5.74, 6) is -1.40. The van der Waals surface area contributed by atoms with E-state index >= 15 is 0 Å². The molecule has 1 amide bonds. The lowest BCUT2D eigenvalue weighted by Crippen LogP contribution is -2.36. The van der Waals surface area contributed by atoms with E-state index in [0.717, 1.165) is 12.8 Å². The number of hydrogen-bond acceptors (Lipinski definition) is 5. The summed E-state index contributed by atoms with van der Waals surface area (Å²) < 4.78 is 10.2. The Bertz CT molecular complexity index is 517. The van der Waals surface area contributed by atoms with Gasteiger partial charge in [0.25, 0.3) is 0 Å². The smallest absolute Gasteiger partial charge is 0.410 e. The predicted octanol–water partition coefficient (Wildman–Crippen LogP) is 2.44. The van der Waals surface area contributed by atoms with Gasteiger partial charge in [-0.25, -0.2) is 14.6 Å². The second-order valence-electron chi connectivity index (χ2n) is 5.70. The molecule has 0 saturated carbocycles. The number of carbonyl (C=O) groups is 2. The molecule has 0 bridgehead atoms. The van der Waals surface area contributed by atoms with Gasteiger partial charge in [0.15, 0.2) is 6.39 Å². The zero-order valence-electron chi connectivity index (χ0n) is 11.8. The van der Waals surface area contributed by atoms with Crippen LogP contribution in [0.2, 0.25) is 0 Å². The van der Waals surface area contributed by atoms with E-state index in [4.69, 9.17) is 14.3 Å². The molecule has 1 N–H and O–H groups in total. The molecule has 1 aliphatic rings. The number of amides is 1. The van der Waals surface area contributed by atoms with Crippen LogP contribution in [0.5, 0.6) is 0 Å². The second-order valence-corrected chi connectivity index (χ2v) is 5.70. The van der Waals surface area contributed by atoms with Crippen LogP contribution in [0, 0.1) is 0 Å². The minimum atomic E-state index is -1.19. The number of carbonyl (C=O) groups excluding carboxylic acids is 1. The zero-order valence-corrected chi connectivity index (χ0v) is 11.8. The van der Waals surface area contributed by atoms with Crippen molar-refractivity contribution in [2.45, 2.75) is 45.3 Å². The third-order valence-corrected chi connectivity index (χ3v) is 2.99. The quantitative estimate of drug-likeness (QED) is 0.895. The Kier molecular flexibility index (Phi) is 3.69. The first-order valence-corrected chi connectivity index (χ1v) is 6.46. The predicted molar refractivity (Wildman–Crippen MR) is 68.4 cm³/mol. The van der Waals surface area contributed by atoms with E-state index in [0.29, 0.717) is 13.0 Å². The maximum Gasteiger partial charge on any atom is 0.410 e. The number of aromatic carboxylic acids is 1. The first-order chi connectivity index (χ1) is 9.29. The highest BCUT2D eigenvalue weighted by atomic mass is 16.6. The number of likely N-dealkylation sites (tertiary alicyclic amines) is 1. The lowest BCUT2D eigenvalue weighted by Gasteiger charge is -2.27. The molecule has 1 saturated heterocycles. The SMILES string of the molecule is CC(C)(C)OC(=O)N1CCCC1c1ncoc1C(=O)O. The van der Waals surface area contributed by atoms with Crippen molar-refractivity contribution in [1.82, 2.24) is 9.88 Å². The van der Waals surface area contributed by atoms with E-state index in [9.17, 15) is 9.59 Å². The van der Waals surface area contributed by atoms with Crippen LogP contribution in [-0.4, -0.2) is 39.2 Å². The first kappa shape index (κ1) is 14.4. The molecular formula is C13H18N2O5. The topological polar surface area (TPSA) is 92.9 Å². The molecule has 0 aromatic carbocycles. The van der Waals surface area contributed by atoms with Crippen molar-refractivity contribution in [2.75, 3.05) is 6.54 Å². The van der Waals surface area contributed by atoms with Gasteiger partial charge < -0.3 is 14.3 Å². The molecule has 7 nitrogen and oxygen atoms in total. The fraction of sp³-hybridized carbons (Fsp3) is 0.615. The van der Waals surface area contributed by atoms with Crippen LogP contribution in [0.25, 0.3) is 0 Å². The third kappa shape index (κ3) is 2.92. The van der Waals surface area contributed by atoms with Gasteiger partial charge in [0.05, 0.1) is 6.04 Å². The molecule has 1 unspecified atom stereocenters. The second kappa shape index (κ2) is 5.15. The summed E-state index contributed by atoms with van der Waals surface area (Å²) in [7, 11) is 0. The van der Waals surface area contributed by atoms with Crippen molar-refractivity contribution in [3.63, 3.8) is 0 Å². The molecule has 0 spiro atoms. The van der Waals surface area contributed by atoms with Gasteiger partial charge in [-0.2, -0.15) is 0 Å². The lowest BCUT2D eigenvalue weighted by molar-refractivity contribution is 0.0218. The summed E-state index contributed by atoms with van der Waals surface area (Å²) in [6, 6.07) is -0.408. The van der Waals surface area contributed by atoms with Crippen LogP contribution in [-0.2, 0) is 4.74 Å². The van der Waals surface area contributed by atoms with Gasteiger partial charge in [-0.15, -0.1) is 0 Å². The molecule has 1 aromatic rings. The first-order valence-electron chi connectivity index (χ1n) is 6.46. The average molecular weight is 282 g/mol. The number of nitrogens with zero attached hydrogens (tertiary/aromatic N) is 2. The number of oxazole rings is 1. The van der Waals surface area contributed by atoms with E-state index in [1.54, 1.807) is 20.8 Å². The number of carboxylic acids is 1. The molecule has 0 aliphatic carbocycles. The average Bonchev–Trinajstić information content (AvgIpc) is 2.95. The van der Waals surface area contributed by atoms with E-state index in [1.165, 1.54) is 4.90 Å². The summed E-state index contributed by atoms with van der Waals surface area (Å²) in [6.07, 6.45) is 2.05. The highest BCUT2D eigenvalue weighted by Crippen LogP contribution is 2.34. The number of hydrogen-bond donors (Lipinski definition) is 1. The van der Waals surface area contributed by atoms with Crippen LogP contribution in [0.1, 0.15) is 55.9 Å². The summed E-state index contributed by atoms with van der Waals surface area (Å²) >= 11 is 0. The number of rotatable bonds is 2. The Labute approximate surface area is 116 Å². The molecule has 1 fully saturated rings. The lowest BCUT2D eigenvalue weighted by atomic mass is 10.1. The molecule has 0 radical (unpaired) electrons. The van der Waals surface area contributed by atoms with Gasteiger partial charge in [-0.3, -0.25) is 4.90 Å². The van der Waals surface area contributed by atoms with Crippen molar-refractivity contribution >= 4 is 12.1 Å². The fourth-order valence-electron chi connectivity index (χ4n) is 2.24. The van der Waals surface area contributed by atoms with Gasteiger partial charge in [0.1, 0.15) is 11.3 Å². The number of aromatic nitrogens is 1. The Morgan fingerprint density at radius 2 is 2.20 bits per heavy atom. The molecule has 20 heavy (non-hydrogen) atoms. The Morgan fingerprint density at radius 1 is 1.50 bits per heavy atom. The normalized spacial score (nSPS) is 19.1. The van der Waals surface area contributed by atoms with Gasteiger partial charge in [-0.1, -0.05) is 0 Å². The largest absolute Gasteiger partial charge is 0.475 e. The Hall–Kier alpha value is -2.05. The van der Waals surface area contributed by atoms with E-state index < -0.39 is 23.7 Å². The molecule has 2 rings (SSSR count). The van der Waals surface area contributed by atoms with Crippen LogP contribution in [0.15, 0.2) is 10.8 Å². The highest BCUT2D eigenvalue weighted by Gasteiger charge is 2.37. The Balaban J connectivity index is 2.21. The van der Waals surface area contributed by atoms with Gasteiger partial charge >= 0.3 is 12.1 Å². The number of ether oxygens (including phenoxy) is 1. The molecule has 7 heteroatoms. The van der Waals surface area contributed by atoms with E-state index in [-0.39, 0.29) is 11.5 Å². The van der Waals surface area contributed by atoms with Crippen molar-refractivity contribution in [3.8, 4) is 0 Å². The number of carboxylic acid groups (broad SMARTS) is 1. The van der Waals surface area contributed by atoms with Gasteiger partial charge in [0.2, 0.25) is 5.76 Å². The summed E-state index contributed by atoms with van der Waals surface area (Å²) in [6.45, 7) is 5.88. The summed E-state index contributed by atoms with van der Waals surface area (Å²) in [5, 5.41) is 9.06. The molecule has 1 aromatic heterocycles. The third-order valence-electron chi connectivity index (χ3n) is 2.99.